The third-order valence-corrected chi connectivity index (χ3v) is 4.03. The summed E-state index contributed by atoms with van der Waals surface area (Å²) in [5, 5.41) is 0. The summed E-state index contributed by atoms with van der Waals surface area (Å²) in [6, 6.07) is 6.55. The van der Waals surface area contributed by atoms with Crippen molar-refractivity contribution in [3.05, 3.63) is 30.0 Å². The van der Waals surface area contributed by atoms with Crippen molar-refractivity contribution >= 4 is 21.6 Å². The Morgan fingerprint density at radius 2 is 1.90 bits per heavy atom. The first-order valence-corrected chi connectivity index (χ1v) is 7.94. The molecule has 0 aliphatic carbocycles. The maximum atomic E-state index is 11.6. The average Bonchev–Trinajstić information content (AvgIpc) is 2.36. The van der Waals surface area contributed by atoms with Crippen molar-refractivity contribution in [2.45, 2.75) is 18.2 Å². The highest BCUT2D eigenvalue weighted by Crippen LogP contribution is 2.30. The number of rotatable bonds is 3. The van der Waals surface area contributed by atoms with Gasteiger partial charge in [-0.2, -0.15) is 4.98 Å². The van der Waals surface area contributed by atoms with Gasteiger partial charge in [0.1, 0.15) is 5.82 Å². The molecule has 4 N–H and O–H groups in total. The number of benzene rings is 1. The van der Waals surface area contributed by atoms with Crippen LogP contribution in [0, 0.1) is 0 Å². The van der Waals surface area contributed by atoms with Crippen LogP contribution in [0.2, 0.25) is 0 Å². The van der Waals surface area contributed by atoms with Crippen LogP contribution in [-0.4, -0.2) is 24.6 Å². The minimum absolute atomic E-state index is 0.113. The van der Waals surface area contributed by atoms with Crippen LogP contribution in [0.15, 0.2) is 29.2 Å². The van der Waals surface area contributed by atoms with E-state index in [4.69, 9.17) is 11.5 Å². The number of nitrogen functional groups attached to an aromatic ring is 2. The van der Waals surface area contributed by atoms with Gasteiger partial charge in [-0.25, -0.2) is 13.4 Å². The number of anilines is 2. The van der Waals surface area contributed by atoms with Crippen molar-refractivity contribution in [1.29, 1.82) is 0 Å². The molecule has 0 aliphatic heterocycles. The van der Waals surface area contributed by atoms with E-state index in [0.717, 1.165) is 6.26 Å². The van der Waals surface area contributed by atoms with Gasteiger partial charge in [0.05, 0.1) is 10.6 Å². The molecule has 1 heterocycles. The normalized spacial score (nSPS) is 11.5. The molecule has 0 saturated carbocycles. The van der Waals surface area contributed by atoms with Crippen molar-refractivity contribution in [2.24, 2.45) is 0 Å². The van der Waals surface area contributed by atoms with Crippen LogP contribution in [0.5, 0.6) is 0 Å². The Balaban J connectivity index is 2.69. The number of hydrogen-bond acceptors (Lipinski definition) is 6. The molecule has 0 bridgehead atoms. The molecule has 20 heavy (non-hydrogen) atoms. The lowest BCUT2D eigenvalue weighted by Gasteiger charge is -2.11. The molecule has 2 aromatic rings. The first-order chi connectivity index (χ1) is 9.32. The number of aryl methyl sites for hydroxylation is 1. The molecule has 0 atom stereocenters. The summed E-state index contributed by atoms with van der Waals surface area (Å²) in [5.74, 6) is 0.363. The number of aromatic nitrogens is 2. The number of nitrogens with zero attached hydrogens (tertiary/aromatic N) is 2. The summed E-state index contributed by atoms with van der Waals surface area (Å²) >= 11 is 0. The second kappa shape index (κ2) is 5.09. The SMILES string of the molecule is CCc1nc(N)nc(N)c1-c1cccc(S(C)(=O)=O)c1. The minimum atomic E-state index is -3.28. The highest BCUT2D eigenvalue weighted by Gasteiger charge is 2.15. The number of hydrogen-bond donors (Lipinski definition) is 2. The van der Waals surface area contributed by atoms with Gasteiger partial charge in [0.25, 0.3) is 0 Å². The predicted octanol–water partition coefficient (Wildman–Crippen LogP) is 1.27. The van der Waals surface area contributed by atoms with Crippen molar-refractivity contribution in [2.75, 3.05) is 17.7 Å². The summed E-state index contributed by atoms with van der Waals surface area (Å²) < 4.78 is 23.3. The topological polar surface area (TPSA) is 112 Å². The summed E-state index contributed by atoms with van der Waals surface area (Å²) in [6.45, 7) is 1.92. The van der Waals surface area contributed by atoms with Gasteiger partial charge in [-0.05, 0) is 24.1 Å². The summed E-state index contributed by atoms with van der Waals surface area (Å²) in [4.78, 5) is 8.33. The molecule has 0 amide bonds. The van der Waals surface area contributed by atoms with Crippen molar-refractivity contribution in [1.82, 2.24) is 9.97 Å². The van der Waals surface area contributed by atoms with Gasteiger partial charge < -0.3 is 11.5 Å². The standard InChI is InChI=1S/C13H16N4O2S/c1-3-10-11(12(14)17-13(15)16-10)8-5-4-6-9(7-8)20(2,18)19/h4-7H,3H2,1-2H3,(H4,14,15,16,17). The van der Waals surface area contributed by atoms with Crippen LogP contribution >= 0.6 is 0 Å². The molecule has 0 unspecified atom stereocenters. The lowest BCUT2D eigenvalue weighted by atomic mass is 10.0. The quantitative estimate of drug-likeness (QED) is 0.881. The molecule has 0 saturated heterocycles. The smallest absolute Gasteiger partial charge is 0.222 e. The minimum Gasteiger partial charge on any atom is -0.383 e. The molecule has 7 heteroatoms. The van der Waals surface area contributed by atoms with Gasteiger partial charge in [-0.3, -0.25) is 0 Å². The molecule has 0 fully saturated rings. The molecule has 1 aromatic carbocycles. The Bertz CT molecular complexity index is 757. The lowest BCUT2D eigenvalue weighted by molar-refractivity contribution is 0.602. The average molecular weight is 292 g/mol. The molecule has 1 aromatic heterocycles. The van der Waals surface area contributed by atoms with Gasteiger partial charge in [0, 0.05) is 11.8 Å². The van der Waals surface area contributed by atoms with Crippen molar-refractivity contribution in [3.63, 3.8) is 0 Å². The zero-order valence-electron chi connectivity index (χ0n) is 11.3. The van der Waals surface area contributed by atoms with E-state index in [9.17, 15) is 8.42 Å². The highest BCUT2D eigenvalue weighted by molar-refractivity contribution is 7.90. The van der Waals surface area contributed by atoms with Gasteiger partial charge in [0.15, 0.2) is 9.84 Å². The third kappa shape index (κ3) is 2.72. The zero-order valence-corrected chi connectivity index (χ0v) is 12.1. The maximum Gasteiger partial charge on any atom is 0.222 e. The fourth-order valence-electron chi connectivity index (χ4n) is 2.00. The molecule has 2 rings (SSSR count). The van der Waals surface area contributed by atoms with Gasteiger partial charge in [-0.1, -0.05) is 19.1 Å². The largest absolute Gasteiger partial charge is 0.383 e. The third-order valence-electron chi connectivity index (χ3n) is 2.91. The second-order valence-corrected chi connectivity index (χ2v) is 6.46. The van der Waals surface area contributed by atoms with E-state index >= 15 is 0 Å². The maximum absolute atomic E-state index is 11.6. The fraction of sp³-hybridized carbons (Fsp3) is 0.231. The summed E-state index contributed by atoms with van der Waals surface area (Å²) in [7, 11) is -3.28. The van der Waals surface area contributed by atoms with Gasteiger partial charge in [0.2, 0.25) is 5.95 Å². The van der Waals surface area contributed by atoms with Gasteiger partial charge >= 0.3 is 0 Å². The molecule has 0 spiro atoms. The van der Waals surface area contributed by atoms with Crippen LogP contribution < -0.4 is 11.5 Å². The number of sulfone groups is 1. The Morgan fingerprint density at radius 1 is 1.20 bits per heavy atom. The van der Waals surface area contributed by atoms with Crippen molar-refractivity contribution < 1.29 is 8.42 Å². The Kier molecular flexibility index (Phi) is 3.63. The molecule has 0 aliphatic rings. The predicted molar refractivity (Wildman–Crippen MR) is 78.8 cm³/mol. The first kappa shape index (κ1) is 14.3. The molecule has 6 nitrogen and oxygen atoms in total. The van der Waals surface area contributed by atoms with Gasteiger partial charge in [-0.15, -0.1) is 0 Å². The molecular formula is C13H16N4O2S. The Labute approximate surface area is 117 Å². The lowest BCUT2D eigenvalue weighted by Crippen LogP contribution is -2.06. The van der Waals surface area contributed by atoms with E-state index in [-0.39, 0.29) is 16.7 Å². The van der Waals surface area contributed by atoms with Crippen molar-refractivity contribution in [3.8, 4) is 11.1 Å². The van der Waals surface area contributed by atoms with E-state index in [1.807, 2.05) is 6.92 Å². The van der Waals surface area contributed by atoms with E-state index < -0.39 is 9.84 Å². The zero-order chi connectivity index (χ0) is 14.9. The van der Waals surface area contributed by atoms with E-state index in [0.29, 0.717) is 23.2 Å². The fourth-order valence-corrected chi connectivity index (χ4v) is 2.67. The van der Waals surface area contributed by atoms with E-state index in [1.54, 1.807) is 24.3 Å². The van der Waals surface area contributed by atoms with Crippen LogP contribution in [0.1, 0.15) is 12.6 Å². The summed E-state index contributed by atoms with van der Waals surface area (Å²) in [5.41, 5.74) is 13.5. The van der Waals surface area contributed by atoms with E-state index in [2.05, 4.69) is 9.97 Å². The summed E-state index contributed by atoms with van der Waals surface area (Å²) in [6.07, 6.45) is 1.78. The second-order valence-electron chi connectivity index (χ2n) is 4.44. The molecule has 0 radical (unpaired) electrons. The van der Waals surface area contributed by atoms with Crippen LogP contribution in [0.3, 0.4) is 0 Å². The van der Waals surface area contributed by atoms with Crippen LogP contribution in [0.4, 0.5) is 11.8 Å². The van der Waals surface area contributed by atoms with E-state index in [1.165, 1.54) is 0 Å². The number of nitrogens with two attached hydrogens (primary N) is 2. The first-order valence-electron chi connectivity index (χ1n) is 6.05. The molecular weight excluding hydrogens is 276 g/mol. The highest BCUT2D eigenvalue weighted by atomic mass is 32.2. The Morgan fingerprint density at radius 3 is 2.50 bits per heavy atom. The monoisotopic (exact) mass is 292 g/mol. The Hall–Kier alpha value is -2.15. The van der Waals surface area contributed by atoms with Crippen LogP contribution in [0.25, 0.3) is 11.1 Å². The van der Waals surface area contributed by atoms with Crippen LogP contribution in [-0.2, 0) is 16.3 Å². The molecule has 106 valence electrons.